The lowest BCUT2D eigenvalue weighted by atomic mass is 10.2. The van der Waals surface area contributed by atoms with Gasteiger partial charge in [0.15, 0.2) is 11.5 Å². The van der Waals surface area contributed by atoms with Crippen molar-refractivity contribution >= 4 is 11.3 Å². The van der Waals surface area contributed by atoms with Gasteiger partial charge in [0.05, 0.1) is 14.2 Å². The van der Waals surface area contributed by atoms with Crippen molar-refractivity contribution in [1.82, 2.24) is 5.32 Å². The molecule has 0 aliphatic rings. The Kier molecular flexibility index (Phi) is 4.82. The average molecular weight is 277 g/mol. The predicted octanol–water partition coefficient (Wildman–Crippen LogP) is 3.36. The van der Waals surface area contributed by atoms with E-state index < -0.39 is 0 Å². The number of aryl methyl sites for hydroxylation is 1. The maximum absolute atomic E-state index is 5.30. The Morgan fingerprint density at radius 2 is 1.84 bits per heavy atom. The Morgan fingerprint density at radius 1 is 1.05 bits per heavy atom. The summed E-state index contributed by atoms with van der Waals surface area (Å²) >= 11 is 1.79. The highest BCUT2D eigenvalue weighted by molar-refractivity contribution is 7.10. The van der Waals surface area contributed by atoms with Crippen molar-refractivity contribution in [2.75, 3.05) is 14.2 Å². The van der Waals surface area contributed by atoms with E-state index in [1.807, 2.05) is 12.1 Å². The van der Waals surface area contributed by atoms with Gasteiger partial charge in [0.25, 0.3) is 0 Å². The second-order valence-corrected chi connectivity index (χ2v) is 5.32. The third-order valence-electron chi connectivity index (χ3n) is 3.03. The molecule has 2 rings (SSSR count). The van der Waals surface area contributed by atoms with Crippen molar-refractivity contribution in [2.45, 2.75) is 20.0 Å². The lowest BCUT2D eigenvalue weighted by Gasteiger charge is -2.10. The first-order valence-corrected chi connectivity index (χ1v) is 7.07. The fraction of sp³-hybridized carbons (Fsp3) is 0.333. The van der Waals surface area contributed by atoms with Crippen molar-refractivity contribution in [2.24, 2.45) is 0 Å². The van der Waals surface area contributed by atoms with Crippen LogP contribution in [0.25, 0.3) is 0 Å². The van der Waals surface area contributed by atoms with Crippen LogP contribution in [0, 0.1) is 6.92 Å². The van der Waals surface area contributed by atoms with Crippen LogP contribution in [0.3, 0.4) is 0 Å². The molecule has 0 unspecified atom stereocenters. The van der Waals surface area contributed by atoms with Crippen LogP contribution in [-0.4, -0.2) is 14.2 Å². The van der Waals surface area contributed by atoms with E-state index in [-0.39, 0.29) is 0 Å². The Balaban J connectivity index is 1.94. The van der Waals surface area contributed by atoms with E-state index in [0.29, 0.717) is 0 Å². The fourth-order valence-corrected chi connectivity index (χ4v) is 2.77. The van der Waals surface area contributed by atoms with E-state index in [1.54, 1.807) is 25.6 Å². The van der Waals surface area contributed by atoms with Gasteiger partial charge in [-0.15, -0.1) is 11.3 Å². The first-order chi connectivity index (χ1) is 9.24. The maximum Gasteiger partial charge on any atom is 0.161 e. The molecule has 3 nitrogen and oxygen atoms in total. The summed E-state index contributed by atoms with van der Waals surface area (Å²) < 4.78 is 10.5. The van der Waals surface area contributed by atoms with E-state index in [1.165, 1.54) is 16.0 Å². The van der Waals surface area contributed by atoms with E-state index in [4.69, 9.17) is 9.47 Å². The molecule has 0 aliphatic heterocycles. The minimum Gasteiger partial charge on any atom is -0.493 e. The number of ether oxygens (including phenoxy) is 2. The minimum atomic E-state index is 0.764. The Bertz CT molecular complexity index is 537. The summed E-state index contributed by atoms with van der Waals surface area (Å²) in [7, 11) is 3.30. The Hall–Kier alpha value is -1.52. The van der Waals surface area contributed by atoms with Gasteiger partial charge in [-0.1, -0.05) is 6.07 Å². The standard InChI is InChI=1S/C15H19NO2S/c1-11-6-7-19-15(11)10-16-9-12-4-5-13(17-2)14(8-12)18-3/h4-8,16H,9-10H2,1-3H3. The molecule has 2 aromatic rings. The maximum atomic E-state index is 5.30. The van der Waals surface area contributed by atoms with E-state index in [2.05, 4.69) is 29.8 Å². The highest BCUT2D eigenvalue weighted by Gasteiger charge is 2.05. The molecule has 0 spiro atoms. The van der Waals surface area contributed by atoms with Crippen molar-refractivity contribution in [3.05, 3.63) is 45.6 Å². The highest BCUT2D eigenvalue weighted by Crippen LogP contribution is 2.27. The summed E-state index contributed by atoms with van der Waals surface area (Å²) in [6, 6.07) is 8.15. The zero-order chi connectivity index (χ0) is 13.7. The third-order valence-corrected chi connectivity index (χ3v) is 4.05. The molecule has 0 bridgehead atoms. The summed E-state index contributed by atoms with van der Waals surface area (Å²) in [4.78, 5) is 1.39. The Labute approximate surface area is 118 Å². The van der Waals surface area contributed by atoms with Gasteiger partial charge in [0.1, 0.15) is 0 Å². The Morgan fingerprint density at radius 3 is 2.47 bits per heavy atom. The summed E-state index contributed by atoms with van der Waals surface area (Å²) in [6.45, 7) is 3.86. The van der Waals surface area contributed by atoms with Gasteiger partial charge in [-0.3, -0.25) is 0 Å². The summed E-state index contributed by atoms with van der Waals surface area (Å²) in [5.74, 6) is 1.54. The quantitative estimate of drug-likeness (QED) is 0.878. The molecule has 0 amide bonds. The molecule has 0 fully saturated rings. The first-order valence-electron chi connectivity index (χ1n) is 6.19. The third kappa shape index (κ3) is 3.49. The molecule has 0 radical (unpaired) electrons. The number of methoxy groups -OCH3 is 2. The fourth-order valence-electron chi connectivity index (χ4n) is 1.90. The van der Waals surface area contributed by atoms with Gasteiger partial charge < -0.3 is 14.8 Å². The number of rotatable bonds is 6. The summed E-state index contributed by atoms with van der Waals surface area (Å²) in [6.07, 6.45) is 0. The summed E-state index contributed by atoms with van der Waals surface area (Å²) in [5, 5.41) is 5.58. The molecule has 102 valence electrons. The van der Waals surface area contributed by atoms with Gasteiger partial charge in [-0.05, 0) is 41.6 Å². The smallest absolute Gasteiger partial charge is 0.161 e. The number of hydrogen-bond acceptors (Lipinski definition) is 4. The van der Waals surface area contributed by atoms with Crippen molar-refractivity contribution in [1.29, 1.82) is 0 Å². The molecule has 0 atom stereocenters. The van der Waals surface area contributed by atoms with Gasteiger partial charge in [-0.25, -0.2) is 0 Å². The highest BCUT2D eigenvalue weighted by atomic mass is 32.1. The van der Waals surface area contributed by atoms with Gasteiger partial charge >= 0.3 is 0 Å². The second-order valence-electron chi connectivity index (χ2n) is 4.32. The first kappa shape index (κ1) is 13.9. The molecule has 1 N–H and O–H groups in total. The van der Waals surface area contributed by atoms with Gasteiger partial charge in [0.2, 0.25) is 0 Å². The minimum absolute atomic E-state index is 0.764. The average Bonchev–Trinajstić information content (AvgIpc) is 2.84. The van der Waals surface area contributed by atoms with Crippen LogP contribution in [0.2, 0.25) is 0 Å². The second kappa shape index (κ2) is 6.59. The monoisotopic (exact) mass is 277 g/mol. The van der Waals surface area contributed by atoms with Crippen LogP contribution < -0.4 is 14.8 Å². The molecule has 0 saturated carbocycles. The van der Waals surface area contributed by atoms with Crippen LogP contribution in [0.1, 0.15) is 16.0 Å². The topological polar surface area (TPSA) is 30.5 Å². The lowest BCUT2D eigenvalue weighted by molar-refractivity contribution is 0.354. The number of hydrogen-bond donors (Lipinski definition) is 1. The molecular formula is C15H19NO2S. The number of thiophene rings is 1. The molecule has 19 heavy (non-hydrogen) atoms. The molecule has 1 aromatic carbocycles. The zero-order valence-corrected chi connectivity index (χ0v) is 12.3. The number of nitrogens with one attached hydrogen (secondary N) is 1. The number of benzene rings is 1. The van der Waals surface area contributed by atoms with E-state index in [0.717, 1.165) is 24.6 Å². The van der Waals surface area contributed by atoms with Crippen molar-refractivity contribution in [3.8, 4) is 11.5 Å². The predicted molar refractivity (Wildman–Crippen MR) is 79.1 cm³/mol. The van der Waals surface area contributed by atoms with Crippen LogP contribution in [0.15, 0.2) is 29.6 Å². The van der Waals surface area contributed by atoms with Crippen LogP contribution in [0.4, 0.5) is 0 Å². The van der Waals surface area contributed by atoms with E-state index >= 15 is 0 Å². The SMILES string of the molecule is COc1ccc(CNCc2sccc2C)cc1OC. The largest absolute Gasteiger partial charge is 0.493 e. The molecular weight excluding hydrogens is 258 g/mol. The lowest BCUT2D eigenvalue weighted by Crippen LogP contribution is -2.12. The molecule has 0 saturated heterocycles. The normalized spacial score (nSPS) is 10.5. The van der Waals surface area contributed by atoms with Crippen LogP contribution >= 0.6 is 11.3 Å². The van der Waals surface area contributed by atoms with E-state index in [9.17, 15) is 0 Å². The van der Waals surface area contributed by atoms with Crippen molar-refractivity contribution in [3.63, 3.8) is 0 Å². The summed E-state index contributed by atoms with van der Waals surface area (Å²) in [5.41, 5.74) is 2.54. The molecule has 4 heteroatoms. The molecule has 1 aromatic heterocycles. The van der Waals surface area contributed by atoms with Gasteiger partial charge in [0, 0.05) is 18.0 Å². The van der Waals surface area contributed by atoms with Crippen molar-refractivity contribution < 1.29 is 9.47 Å². The van der Waals surface area contributed by atoms with Gasteiger partial charge in [-0.2, -0.15) is 0 Å². The molecule has 1 heterocycles. The van der Waals surface area contributed by atoms with Crippen LogP contribution in [0.5, 0.6) is 11.5 Å². The zero-order valence-electron chi connectivity index (χ0n) is 11.5. The molecule has 0 aliphatic carbocycles. The van der Waals surface area contributed by atoms with Crippen LogP contribution in [-0.2, 0) is 13.1 Å².